The van der Waals surface area contributed by atoms with Crippen LogP contribution in [-0.2, 0) is 0 Å². The van der Waals surface area contributed by atoms with Crippen molar-refractivity contribution in [3.8, 4) is 0 Å². The summed E-state index contributed by atoms with van der Waals surface area (Å²) in [6.07, 6.45) is 13.4. The van der Waals surface area contributed by atoms with Gasteiger partial charge in [-0.05, 0) is 19.9 Å². The van der Waals surface area contributed by atoms with Crippen molar-refractivity contribution in [2.45, 2.75) is 70.4 Å². The zero-order valence-electron chi connectivity index (χ0n) is 12.1. The smallest absolute Gasteiger partial charge is 0.0896 e. The number of aliphatic hydroxyl groups excluding tert-OH is 2. The average molecular weight is 257 g/mol. The quantitative estimate of drug-likeness (QED) is 0.372. The lowest BCUT2D eigenvalue weighted by atomic mass is 10.1. The molecule has 0 amide bonds. The number of nitrogens with one attached hydrogen (secondary N) is 1. The van der Waals surface area contributed by atoms with E-state index >= 15 is 0 Å². The molecule has 3 heteroatoms. The molecule has 0 bridgehead atoms. The first-order valence-electron chi connectivity index (χ1n) is 7.39. The Morgan fingerprint density at radius 3 is 2.22 bits per heavy atom. The number of rotatable bonds is 12. The highest BCUT2D eigenvalue weighted by molar-refractivity contribution is 4.94. The third kappa shape index (κ3) is 9.63. The Morgan fingerprint density at radius 1 is 1.06 bits per heavy atom. The molecule has 2 atom stereocenters. The van der Waals surface area contributed by atoms with Crippen LogP contribution in [0.15, 0.2) is 12.2 Å². The summed E-state index contributed by atoms with van der Waals surface area (Å²) in [5, 5.41) is 21.6. The highest BCUT2D eigenvalue weighted by Gasteiger charge is 2.11. The van der Waals surface area contributed by atoms with E-state index in [-0.39, 0.29) is 12.6 Å². The summed E-state index contributed by atoms with van der Waals surface area (Å²) in [5.74, 6) is 0. The molecule has 0 saturated heterocycles. The first-order chi connectivity index (χ1) is 8.76. The van der Waals surface area contributed by atoms with Crippen molar-refractivity contribution in [3.05, 3.63) is 12.2 Å². The summed E-state index contributed by atoms with van der Waals surface area (Å²) in [5.41, 5.74) is 0. The molecule has 0 fully saturated rings. The van der Waals surface area contributed by atoms with Gasteiger partial charge in [0, 0.05) is 0 Å². The molecule has 0 heterocycles. The second-order valence-electron chi connectivity index (χ2n) is 4.91. The summed E-state index contributed by atoms with van der Waals surface area (Å²) in [7, 11) is 1.74. The normalized spacial score (nSPS) is 15.1. The van der Waals surface area contributed by atoms with Gasteiger partial charge in [0.25, 0.3) is 0 Å². The molecule has 0 aromatic rings. The van der Waals surface area contributed by atoms with Gasteiger partial charge >= 0.3 is 0 Å². The number of aliphatic hydroxyl groups is 2. The standard InChI is InChI=1S/C15H31NO2/c1-3-4-5-6-7-8-9-10-11-12-15(18)14(13-17)16-2/h11-12,14-18H,3-10,13H2,1-2H3/b12-11+. The minimum absolute atomic E-state index is 0.0422. The molecule has 0 aromatic heterocycles. The fraction of sp³-hybridized carbons (Fsp3) is 0.867. The summed E-state index contributed by atoms with van der Waals surface area (Å²) in [4.78, 5) is 0. The van der Waals surface area contributed by atoms with Crippen LogP contribution in [0.3, 0.4) is 0 Å². The lowest BCUT2D eigenvalue weighted by Crippen LogP contribution is -2.39. The Kier molecular flexibility index (Phi) is 12.8. The molecular weight excluding hydrogens is 226 g/mol. The molecule has 0 aromatic carbocycles. The maximum atomic E-state index is 9.70. The molecule has 108 valence electrons. The van der Waals surface area contributed by atoms with E-state index in [4.69, 9.17) is 5.11 Å². The highest BCUT2D eigenvalue weighted by atomic mass is 16.3. The number of unbranched alkanes of at least 4 members (excludes halogenated alkanes) is 7. The van der Waals surface area contributed by atoms with E-state index < -0.39 is 6.10 Å². The Hall–Kier alpha value is -0.380. The largest absolute Gasteiger partial charge is 0.395 e. The fourth-order valence-electron chi connectivity index (χ4n) is 1.96. The van der Waals surface area contributed by atoms with E-state index in [1.807, 2.05) is 6.08 Å². The van der Waals surface area contributed by atoms with Crippen molar-refractivity contribution >= 4 is 0 Å². The Balaban J connectivity index is 3.42. The van der Waals surface area contributed by atoms with Crippen molar-refractivity contribution < 1.29 is 10.2 Å². The highest BCUT2D eigenvalue weighted by Crippen LogP contribution is 2.08. The van der Waals surface area contributed by atoms with Gasteiger partial charge in [-0.15, -0.1) is 0 Å². The molecule has 0 aliphatic carbocycles. The third-order valence-electron chi connectivity index (χ3n) is 3.29. The van der Waals surface area contributed by atoms with Gasteiger partial charge in [-0.2, -0.15) is 0 Å². The van der Waals surface area contributed by atoms with E-state index in [0.717, 1.165) is 6.42 Å². The van der Waals surface area contributed by atoms with Crippen LogP contribution in [0.5, 0.6) is 0 Å². The second kappa shape index (κ2) is 13.1. The molecule has 3 N–H and O–H groups in total. The first kappa shape index (κ1) is 17.6. The van der Waals surface area contributed by atoms with Crippen LogP contribution in [0, 0.1) is 0 Å². The first-order valence-corrected chi connectivity index (χ1v) is 7.39. The van der Waals surface area contributed by atoms with Gasteiger partial charge in [-0.1, -0.05) is 57.6 Å². The molecule has 18 heavy (non-hydrogen) atoms. The second-order valence-corrected chi connectivity index (χ2v) is 4.91. The SMILES string of the molecule is CCCCCCCCC/C=C/C(O)C(CO)NC. The van der Waals surface area contributed by atoms with Crippen molar-refractivity contribution in [3.63, 3.8) is 0 Å². The van der Waals surface area contributed by atoms with Gasteiger partial charge in [-0.25, -0.2) is 0 Å². The number of likely N-dealkylation sites (N-methyl/N-ethyl adjacent to an activating group) is 1. The Morgan fingerprint density at radius 2 is 1.67 bits per heavy atom. The molecule has 0 saturated carbocycles. The summed E-state index contributed by atoms with van der Waals surface area (Å²) in [6.45, 7) is 2.19. The monoisotopic (exact) mass is 257 g/mol. The predicted octanol–water partition coefficient (Wildman–Crippen LogP) is 2.62. The van der Waals surface area contributed by atoms with Gasteiger partial charge in [0.05, 0.1) is 18.8 Å². The van der Waals surface area contributed by atoms with Crippen molar-refractivity contribution in [1.29, 1.82) is 0 Å². The van der Waals surface area contributed by atoms with Crippen LogP contribution in [0.4, 0.5) is 0 Å². The minimum Gasteiger partial charge on any atom is -0.395 e. The number of hydrogen-bond donors (Lipinski definition) is 3. The lowest BCUT2D eigenvalue weighted by molar-refractivity contribution is 0.128. The van der Waals surface area contributed by atoms with Crippen molar-refractivity contribution in [2.75, 3.05) is 13.7 Å². The topological polar surface area (TPSA) is 52.5 Å². The predicted molar refractivity (Wildman–Crippen MR) is 77.7 cm³/mol. The van der Waals surface area contributed by atoms with Crippen LogP contribution in [-0.4, -0.2) is 36.0 Å². The van der Waals surface area contributed by atoms with E-state index in [1.54, 1.807) is 13.1 Å². The van der Waals surface area contributed by atoms with Crippen LogP contribution >= 0.6 is 0 Å². The molecule has 2 unspecified atom stereocenters. The van der Waals surface area contributed by atoms with E-state index in [0.29, 0.717) is 0 Å². The number of hydrogen-bond acceptors (Lipinski definition) is 3. The molecule has 0 aliphatic rings. The minimum atomic E-state index is -0.593. The average Bonchev–Trinajstić information content (AvgIpc) is 2.38. The molecule has 0 rings (SSSR count). The summed E-state index contributed by atoms with van der Waals surface area (Å²) in [6, 6.07) is -0.254. The zero-order chi connectivity index (χ0) is 13.6. The van der Waals surface area contributed by atoms with Gasteiger partial charge in [0.1, 0.15) is 0 Å². The van der Waals surface area contributed by atoms with E-state index in [2.05, 4.69) is 12.2 Å². The van der Waals surface area contributed by atoms with Gasteiger partial charge in [-0.3, -0.25) is 0 Å². The van der Waals surface area contributed by atoms with E-state index in [9.17, 15) is 5.11 Å². The number of allylic oxidation sites excluding steroid dienone is 1. The van der Waals surface area contributed by atoms with Gasteiger partial charge in [0.2, 0.25) is 0 Å². The summed E-state index contributed by atoms with van der Waals surface area (Å²) < 4.78 is 0. The third-order valence-corrected chi connectivity index (χ3v) is 3.29. The van der Waals surface area contributed by atoms with Gasteiger partial charge in [0.15, 0.2) is 0 Å². The van der Waals surface area contributed by atoms with Crippen LogP contribution in [0.2, 0.25) is 0 Å². The maximum Gasteiger partial charge on any atom is 0.0896 e. The molecular formula is C15H31NO2. The molecule has 0 radical (unpaired) electrons. The lowest BCUT2D eigenvalue weighted by Gasteiger charge is -2.16. The van der Waals surface area contributed by atoms with Gasteiger partial charge < -0.3 is 15.5 Å². The Bertz CT molecular complexity index is 191. The maximum absolute atomic E-state index is 9.70. The van der Waals surface area contributed by atoms with Crippen LogP contribution in [0.1, 0.15) is 58.3 Å². The summed E-state index contributed by atoms with van der Waals surface area (Å²) >= 11 is 0. The molecule has 0 spiro atoms. The van der Waals surface area contributed by atoms with E-state index in [1.165, 1.54) is 44.9 Å². The van der Waals surface area contributed by atoms with Crippen LogP contribution < -0.4 is 5.32 Å². The molecule has 0 aliphatic heterocycles. The van der Waals surface area contributed by atoms with Crippen molar-refractivity contribution in [2.24, 2.45) is 0 Å². The van der Waals surface area contributed by atoms with Crippen LogP contribution in [0.25, 0.3) is 0 Å². The van der Waals surface area contributed by atoms with Crippen molar-refractivity contribution in [1.82, 2.24) is 5.32 Å². The fourth-order valence-corrected chi connectivity index (χ4v) is 1.96. The zero-order valence-corrected chi connectivity index (χ0v) is 12.1. The molecule has 3 nitrogen and oxygen atoms in total. The Labute approximate surface area is 112 Å².